The van der Waals surface area contributed by atoms with Crippen LogP contribution in [0.4, 0.5) is 0 Å². The van der Waals surface area contributed by atoms with Crippen molar-refractivity contribution in [1.82, 2.24) is 0 Å². The van der Waals surface area contributed by atoms with Crippen LogP contribution in [0.3, 0.4) is 0 Å². The van der Waals surface area contributed by atoms with Crippen LogP contribution in [0.2, 0.25) is 0 Å². The lowest BCUT2D eigenvalue weighted by molar-refractivity contribution is 0.390. The molecule has 0 aromatic heterocycles. The van der Waals surface area contributed by atoms with Crippen LogP contribution >= 0.6 is 15.9 Å². The Morgan fingerprint density at radius 1 is 1.33 bits per heavy atom. The summed E-state index contributed by atoms with van der Waals surface area (Å²) < 4.78 is 6.76. The predicted molar refractivity (Wildman–Crippen MR) is 79.3 cm³/mol. The van der Waals surface area contributed by atoms with E-state index in [0.717, 1.165) is 29.5 Å². The molecule has 2 nitrogen and oxygen atoms in total. The molecule has 1 saturated carbocycles. The Kier molecular flexibility index (Phi) is 3.50. The molecule has 2 rings (SSSR count). The van der Waals surface area contributed by atoms with E-state index in [1.165, 1.54) is 11.1 Å². The maximum atomic E-state index is 6.24. The van der Waals surface area contributed by atoms with Crippen molar-refractivity contribution >= 4 is 15.9 Å². The number of benzene rings is 1. The second-order valence-corrected chi connectivity index (χ2v) is 7.35. The first kappa shape index (κ1) is 13.9. The molecule has 0 atom stereocenters. The summed E-state index contributed by atoms with van der Waals surface area (Å²) in [6, 6.07) is 4.29. The molecule has 1 fully saturated rings. The smallest absolute Gasteiger partial charge is 0.125 e. The zero-order valence-electron chi connectivity index (χ0n) is 11.6. The Balaban J connectivity index is 2.47. The number of nitrogens with two attached hydrogens (primary N) is 1. The monoisotopic (exact) mass is 311 g/mol. The largest absolute Gasteiger partial charge is 0.496 e. The second-order valence-electron chi connectivity index (χ2n) is 6.43. The first-order chi connectivity index (χ1) is 8.25. The Morgan fingerprint density at radius 2 is 1.94 bits per heavy atom. The maximum Gasteiger partial charge on any atom is 0.125 e. The Labute approximate surface area is 118 Å². The van der Waals surface area contributed by atoms with E-state index in [1.807, 2.05) is 0 Å². The summed E-state index contributed by atoms with van der Waals surface area (Å²) in [5.41, 5.74) is 8.76. The van der Waals surface area contributed by atoms with Crippen LogP contribution < -0.4 is 10.5 Å². The Hall–Kier alpha value is -0.540. The molecule has 3 heteroatoms. The molecule has 0 aliphatic heterocycles. The minimum absolute atomic E-state index is 0.00320. The van der Waals surface area contributed by atoms with Gasteiger partial charge in [0.25, 0.3) is 0 Å². The van der Waals surface area contributed by atoms with E-state index in [1.54, 1.807) is 7.11 Å². The van der Waals surface area contributed by atoms with Crippen molar-refractivity contribution < 1.29 is 4.74 Å². The van der Waals surface area contributed by atoms with Gasteiger partial charge in [0.1, 0.15) is 5.75 Å². The van der Waals surface area contributed by atoms with E-state index >= 15 is 0 Å². The van der Waals surface area contributed by atoms with Crippen LogP contribution in [0, 0.1) is 0 Å². The van der Waals surface area contributed by atoms with Crippen molar-refractivity contribution in [2.75, 3.05) is 7.11 Å². The molecule has 2 N–H and O–H groups in total. The van der Waals surface area contributed by atoms with Crippen LogP contribution in [0.1, 0.15) is 44.7 Å². The predicted octanol–water partition coefficient (Wildman–Crippen LogP) is 3.79. The average Bonchev–Trinajstić information content (AvgIpc) is 2.94. The lowest BCUT2D eigenvalue weighted by Crippen LogP contribution is -2.25. The fourth-order valence-electron chi connectivity index (χ4n) is 2.30. The fourth-order valence-corrected chi connectivity index (χ4v) is 2.80. The summed E-state index contributed by atoms with van der Waals surface area (Å²) in [5, 5.41) is 0. The lowest BCUT2D eigenvalue weighted by atomic mass is 9.84. The van der Waals surface area contributed by atoms with Gasteiger partial charge in [0, 0.05) is 15.6 Å². The van der Waals surface area contributed by atoms with Crippen molar-refractivity contribution in [2.24, 2.45) is 5.73 Å². The van der Waals surface area contributed by atoms with Gasteiger partial charge in [-0.15, -0.1) is 0 Å². The molecule has 0 amide bonds. The topological polar surface area (TPSA) is 35.2 Å². The summed E-state index contributed by atoms with van der Waals surface area (Å²) in [6.07, 6.45) is 3.14. The number of halogens is 1. The molecule has 1 aliphatic carbocycles. The molecule has 0 spiro atoms. The summed E-state index contributed by atoms with van der Waals surface area (Å²) in [4.78, 5) is 0. The molecule has 1 aromatic carbocycles. The third-order valence-electron chi connectivity index (χ3n) is 3.58. The number of hydrogen-bond donors (Lipinski definition) is 1. The number of ether oxygens (including phenoxy) is 1. The maximum absolute atomic E-state index is 6.24. The van der Waals surface area contributed by atoms with E-state index in [-0.39, 0.29) is 11.0 Å². The van der Waals surface area contributed by atoms with Crippen molar-refractivity contribution in [3.8, 4) is 5.75 Å². The van der Waals surface area contributed by atoms with Crippen molar-refractivity contribution in [3.63, 3.8) is 0 Å². The molecule has 100 valence electrons. The highest BCUT2D eigenvalue weighted by molar-refractivity contribution is 9.10. The van der Waals surface area contributed by atoms with E-state index in [0.29, 0.717) is 0 Å². The fraction of sp³-hybridized carbons (Fsp3) is 0.600. The van der Waals surface area contributed by atoms with Crippen LogP contribution in [0.15, 0.2) is 16.6 Å². The van der Waals surface area contributed by atoms with Crippen LogP contribution in [0.5, 0.6) is 5.75 Å². The normalized spacial score (nSPS) is 17.7. The number of methoxy groups -OCH3 is 1. The first-order valence-corrected chi connectivity index (χ1v) is 7.20. The second kappa shape index (κ2) is 4.53. The van der Waals surface area contributed by atoms with Gasteiger partial charge in [-0.3, -0.25) is 0 Å². The highest BCUT2D eigenvalue weighted by Crippen LogP contribution is 2.42. The van der Waals surface area contributed by atoms with Gasteiger partial charge in [-0.2, -0.15) is 0 Å². The minimum Gasteiger partial charge on any atom is -0.496 e. The molecular formula is C15H22BrNO. The summed E-state index contributed by atoms with van der Waals surface area (Å²) in [5.74, 6) is 1.00. The molecule has 1 aromatic rings. The van der Waals surface area contributed by atoms with Gasteiger partial charge in [0.05, 0.1) is 7.11 Å². The van der Waals surface area contributed by atoms with Gasteiger partial charge in [-0.1, -0.05) is 36.7 Å². The summed E-state index contributed by atoms with van der Waals surface area (Å²) in [7, 11) is 1.75. The molecule has 0 radical (unpaired) electrons. The van der Waals surface area contributed by atoms with Crippen molar-refractivity contribution in [3.05, 3.63) is 27.7 Å². The standard InChI is InChI=1S/C15H22BrNO/c1-14(2,3)12-8-11(16)7-10(13(12)18-4)9-15(17)5-6-15/h7-8H,5-6,9,17H2,1-4H3. The third-order valence-corrected chi connectivity index (χ3v) is 4.04. The zero-order chi connectivity index (χ0) is 13.6. The third kappa shape index (κ3) is 2.89. The molecule has 18 heavy (non-hydrogen) atoms. The number of hydrogen-bond acceptors (Lipinski definition) is 2. The molecule has 0 heterocycles. The van der Waals surface area contributed by atoms with Gasteiger partial charge in [-0.25, -0.2) is 0 Å². The lowest BCUT2D eigenvalue weighted by Gasteiger charge is -2.25. The van der Waals surface area contributed by atoms with Gasteiger partial charge >= 0.3 is 0 Å². The molecule has 0 bridgehead atoms. The van der Waals surface area contributed by atoms with Crippen LogP contribution in [0.25, 0.3) is 0 Å². The van der Waals surface area contributed by atoms with Crippen molar-refractivity contribution in [2.45, 2.75) is 51.0 Å². The molecule has 0 unspecified atom stereocenters. The molecular weight excluding hydrogens is 290 g/mol. The van der Waals surface area contributed by atoms with E-state index in [9.17, 15) is 0 Å². The summed E-state index contributed by atoms with van der Waals surface area (Å²) in [6.45, 7) is 6.61. The van der Waals surface area contributed by atoms with Gasteiger partial charge in [0.15, 0.2) is 0 Å². The van der Waals surface area contributed by atoms with E-state index < -0.39 is 0 Å². The summed E-state index contributed by atoms with van der Waals surface area (Å²) >= 11 is 3.60. The molecule has 0 saturated heterocycles. The quantitative estimate of drug-likeness (QED) is 0.921. The van der Waals surface area contributed by atoms with Gasteiger partial charge in [0.2, 0.25) is 0 Å². The SMILES string of the molecule is COc1c(CC2(N)CC2)cc(Br)cc1C(C)(C)C. The highest BCUT2D eigenvalue weighted by atomic mass is 79.9. The minimum atomic E-state index is 0.00320. The number of rotatable bonds is 3. The van der Waals surface area contributed by atoms with Crippen LogP contribution in [-0.4, -0.2) is 12.6 Å². The highest BCUT2D eigenvalue weighted by Gasteiger charge is 2.39. The van der Waals surface area contributed by atoms with E-state index in [4.69, 9.17) is 10.5 Å². The Bertz CT molecular complexity index is 458. The van der Waals surface area contributed by atoms with Crippen molar-refractivity contribution in [1.29, 1.82) is 0 Å². The van der Waals surface area contributed by atoms with Gasteiger partial charge < -0.3 is 10.5 Å². The van der Waals surface area contributed by atoms with Gasteiger partial charge in [-0.05, 0) is 42.4 Å². The van der Waals surface area contributed by atoms with E-state index in [2.05, 4.69) is 48.8 Å². The molecule has 1 aliphatic rings. The van der Waals surface area contributed by atoms with Crippen LogP contribution in [-0.2, 0) is 11.8 Å². The average molecular weight is 312 g/mol. The zero-order valence-corrected chi connectivity index (χ0v) is 13.2. The first-order valence-electron chi connectivity index (χ1n) is 6.41. The Morgan fingerprint density at radius 3 is 2.39 bits per heavy atom.